The highest BCUT2D eigenvalue weighted by atomic mass is 32.1. The second kappa shape index (κ2) is 6.83. The molecule has 2 aliphatic rings. The predicted molar refractivity (Wildman–Crippen MR) is 104 cm³/mol. The number of anilines is 4. The van der Waals surface area contributed by atoms with E-state index >= 15 is 0 Å². The van der Waals surface area contributed by atoms with E-state index in [1.165, 1.54) is 23.3 Å². The Bertz CT molecular complexity index is 833. The minimum absolute atomic E-state index is 0.0451. The molecule has 1 aliphatic heterocycles. The van der Waals surface area contributed by atoms with E-state index in [0.29, 0.717) is 29.2 Å². The molecule has 0 radical (unpaired) electrons. The van der Waals surface area contributed by atoms with E-state index in [-0.39, 0.29) is 11.9 Å². The normalized spacial score (nSPS) is 21.6. The van der Waals surface area contributed by atoms with Gasteiger partial charge in [-0.05, 0) is 37.5 Å². The fourth-order valence-corrected chi connectivity index (χ4v) is 4.65. The van der Waals surface area contributed by atoms with Crippen molar-refractivity contribution < 1.29 is 4.79 Å². The lowest BCUT2D eigenvalue weighted by Crippen LogP contribution is -2.40. The minimum Gasteiger partial charge on any atom is -0.356 e. The van der Waals surface area contributed by atoms with Crippen molar-refractivity contribution in [3.8, 4) is 0 Å². The molecule has 0 aromatic carbocycles. The number of hydrogen-bond donors (Lipinski definition) is 3. The third-order valence-electron chi connectivity index (χ3n) is 4.84. The number of aryl methyl sites for hydroxylation is 1. The summed E-state index contributed by atoms with van der Waals surface area (Å²) in [7, 11) is 0. The summed E-state index contributed by atoms with van der Waals surface area (Å²) in [6.07, 6.45) is 5.58. The van der Waals surface area contributed by atoms with Gasteiger partial charge in [-0.2, -0.15) is 0 Å². The maximum Gasteiger partial charge on any atom is 0.247 e. The van der Waals surface area contributed by atoms with Gasteiger partial charge in [-0.25, -0.2) is 15.0 Å². The molecule has 138 valence electrons. The highest BCUT2D eigenvalue weighted by Gasteiger charge is 2.29. The van der Waals surface area contributed by atoms with Crippen LogP contribution in [0.5, 0.6) is 0 Å². The minimum atomic E-state index is -0.265. The van der Waals surface area contributed by atoms with Gasteiger partial charge in [0.25, 0.3) is 0 Å². The lowest BCUT2D eigenvalue weighted by Gasteiger charge is -2.27. The van der Waals surface area contributed by atoms with E-state index < -0.39 is 0 Å². The SMILES string of the molecule is CC(C)CC1Nc2ncnc(Nc3nc4c(s3)CC(C)CC4)c2NC1=O. The molecule has 1 aliphatic carbocycles. The molecule has 0 saturated carbocycles. The van der Waals surface area contributed by atoms with Crippen molar-refractivity contribution in [1.82, 2.24) is 15.0 Å². The van der Waals surface area contributed by atoms with Crippen molar-refractivity contribution >= 4 is 39.7 Å². The summed E-state index contributed by atoms with van der Waals surface area (Å²) in [6, 6.07) is -0.265. The predicted octanol–water partition coefficient (Wildman–Crippen LogP) is 3.58. The number of fused-ring (bicyclic) bond motifs is 2. The Morgan fingerprint density at radius 1 is 1.38 bits per heavy atom. The van der Waals surface area contributed by atoms with Crippen LogP contribution in [0.25, 0.3) is 0 Å². The lowest BCUT2D eigenvalue weighted by atomic mass is 9.93. The van der Waals surface area contributed by atoms with Crippen molar-refractivity contribution in [3.63, 3.8) is 0 Å². The number of carbonyl (C=O) groups is 1. The molecule has 2 aromatic heterocycles. The number of thiazole rings is 1. The first kappa shape index (κ1) is 17.2. The zero-order chi connectivity index (χ0) is 18.3. The zero-order valence-electron chi connectivity index (χ0n) is 15.3. The van der Waals surface area contributed by atoms with E-state index in [4.69, 9.17) is 4.98 Å². The van der Waals surface area contributed by atoms with Crippen molar-refractivity contribution in [2.45, 2.75) is 52.5 Å². The summed E-state index contributed by atoms with van der Waals surface area (Å²) in [5.41, 5.74) is 1.79. The fourth-order valence-electron chi connectivity index (χ4n) is 3.48. The lowest BCUT2D eigenvalue weighted by molar-refractivity contribution is -0.117. The summed E-state index contributed by atoms with van der Waals surface area (Å²) in [6.45, 7) is 6.48. The summed E-state index contributed by atoms with van der Waals surface area (Å²) < 4.78 is 0. The quantitative estimate of drug-likeness (QED) is 0.760. The van der Waals surface area contributed by atoms with Gasteiger partial charge in [0.2, 0.25) is 5.91 Å². The third kappa shape index (κ3) is 3.38. The van der Waals surface area contributed by atoms with E-state index in [2.05, 4.69) is 46.7 Å². The van der Waals surface area contributed by atoms with Crippen LogP contribution in [0, 0.1) is 11.8 Å². The molecule has 2 unspecified atom stereocenters. The molecule has 0 bridgehead atoms. The number of nitrogens with one attached hydrogen (secondary N) is 3. The zero-order valence-corrected chi connectivity index (χ0v) is 16.1. The van der Waals surface area contributed by atoms with Crippen LogP contribution in [-0.4, -0.2) is 26.9 Å². The number of amides is 1. The van der Waals surface area contributed by atoms with Crippen LogP contribution in [0.2, 0.25) is 0 Å². The summed E-state index contributed by atoms with van der Waals surface area (Å²) in [5.74, 6) is 2.32. The molecule has 0 spiro atoms. The number of nitrogens with zero attached hydrogens (tertiary/aromatic N) is 3. The number of aromatic nitrogens is 3. The van der Waals surface area contributed by atoms with Gasteiger partial charge in [-0.3, -0.25) is 4.79 Å². The largest absolute Gasteiger partial charge is 0.356 e. The van der Waals surface area contributed by atoms with Gasteiger partial charge in [-0.1, -0.05) is 20.8 Å². The van der Waals surface area contributed by atoms with Crippen LogP contribution in [-0.2, 0) is 17.6 Å². The first-order valence-electron chi connectivity index (χ1n) is 9.17. The fraction of sp³-hybridized carbons (Fsp3) is 0.556. The summed E-state index contributed by atoms with van der Waals surface area (Å²) in [5, 5.41) is 10.3. The molecular weight excluding hydrogens is 348 g/mol. The van der Waals surface area contributed by atoms with Gasteiger partial charge in [0, 0.05) is 4.88 Å². The van der Waals surface area contributed by atoms with Crippen LogP contribution in [0.4, 0.5) is 22.5 Å². The van der Waals surface area contributed by atoms with Gasteiger partial charge in [0.1, 0.15) is 18.1 Å². The van der Waals surface area contributed by atoms with Crippen LogP contribution in [0.1, 0.15) is 44.2 Å². The van der Waals surface area contributed by atoms with E-state index in [9.17, 15) is 4.79 Å². The van der Waals surface area contributed by atoms with Crippen LogP contribution in [0.15, 0.2) is 6.33 Å². The molecule has 3 N–H and O–H groups in total. The molecule has 8 heteroatoms. The van der Waals surface area contributed by atoms with Crippen molar-refractivity contribution in [1.29, 1.82) is 0 Å². The van der Waals surface area contributed by atoms with E-state index in [1.807, 2.05) is 0 Å². The molecule has 0 saturated heterocycles. The maximum absolute atomic E-state index is 12.4. The van der Waals surface area contributed by atoms with Gasteiger partial charge < -0.3 is 16.0 Å². The molecular formula is C18H24N6OS. The van der Waals surface area contributed by atoms with E-state index in [0.717, 1.165) is 24.4 Å². The molecule has 0 fully saturated rings. The average Bonchev–Trinajstić information content (AvgIpc) is 2.97. The monoisotopic (exact) mass is 372 g/mol. The van der Waals surface area contributed by atoms with Crippen molar-refractivity contribution in [3.05, 3.63) is 16.9 Å². The van der Waals surface area contributed by atoms with Gasteiger partial charge in [0.15, 0.2) is 16.8 Å². The number of hydrogen-bond acceptors (Lipinski definition) is 7. The molecule has 4 rings (SSSR count). The topological polar surface area (TPSA) is 91.8 Å². The molecule has 2 atom stereocenters. The highest BCUT2D eigenvalue weighted by Crippen LogP contribution is 2.37. The summed E-state index contributed by atoms with van der Waals surface area (Å²) in [4.78, 5) is 27.1. The Kier molecular flexibility index (Phi) is 4.52. The summed E-state index contributed by atoms with van der Waals surface area (Å²) >= 11 is 1.68. The second-order valence-electron chi connectivity index (χ2n) is 7.62. The Morgan fingerprint density at radius 3 is 3.04 bits per heavy atom. The van der Waals surface area contributed by atoms with Crippen LogP contribution >= 0.6 is 11.3 Å². The van der Waals surface area contributed by atoms with Gasteiger partial charge in [-0.15, -0.1) is 11.3 Å². The molecule has 26 heavy (non-hydrogen) atoms. The highest BCUT2D eigenvalue weighted by molar-refractivity contribution is 7.15. The van der Waals surface area contributed by atoms with Crippen LogP contribution in [0.3, 0.4) is 0 Å². The Labute approximate surface area is 157 Å². The Hall–Kier alpha value is -2.22. The average molecular weight is 372 g/mol. The molecule has 7 nitrogen and oxygen atoms in total. The number of carbonyl (C=O) groups excluding carboxylic acids is 1. The molecule has 3 heterocycles. The van der Waals surface area contributed by atoms with E-state index in [1.54, 1.807) is 11.3 Å². The first-order chi connectivity index (χ1) is 12.5. The van der Waals surface area contributed by atoms with Gasteiger partial charge >= 0.3 is 0 Å². The Morgan fingerprint density at radius 2 is 2.23 bits per heavy atom. The second-order valence-corrected chi connectivity index (χ2v) is 8.71. The number of rotatable bonds is 4. The van der Waals surface area contributed by atoms with Crippen LogP contribution < -0.4 is 16.0 Å². The molecule has 2 aromatic rings. The maximum atomic E-state index is 12.4. The Balaban J connectivity index is 1.57. The third-order valence-corrected chi connectivity index (χ3v) is 5.88. The first-order valence-corrected chi connectivity index (χ1v) is 9.99. The van der Waals surface area contributed by atoms with Gasteiger partial charge in [0.05, 0.1) is 5.69 Å². The smallest absolute Gasteiger partial charge is 0.247 e. The standard InChI is InChI=1S/C18H24N6OS/c1-9(2)6-12-17(25)23-14-15(21-12)19-8-20-16(14)24-18-22-11-5-4-10(3)7-13(11)26-18/h8-10,12H,4-7H2,1-3H3,(H,23,25)(H2,19,20,21,22,24). The molecule has 1 amide bonds. The van der Waals surface area contributed by atoms with Crippen molar-refractivity contribution in [2.24, 2.45) is 11.8 Å². The van der Waals surface area contributed by atoms with Crippen molar-refractivity contribution in [2.75, 3.05) is 16.0 Å².